The van der Waals surface area contributed by atoms with Gasteiger partial charge < -0.3 is 0 Å². The molecular formula is C18H25NO. The number of unbranched alkanes of at least 4 members (excludes halogenated alkanes) is 1. The molecule has 1 aromatic rings. The van der Waals surface area contributed by atoms with E-state index < -0.39 is 0 Å². The molecule has 0 heterocycles. The maximum atomic E-state index is 11.8. The third-order valence-corrected chi connectivity index (χ3v) is 3.38. The van der Waals surface area contributed by atoms with Crippen molar-refractivity contribution in [3.05, 3.63) is 47.2 Å². The van der Waals surface area contributed by atoms with Gasteiger partial charge in [-0.3, -0.25) is 9.79 Å². The van der Waals surface area contributed by atoms with Gasteiger partial charge in [-0.1, -0.05) is 37.3 Å². The van der Waals surface area contributed by atoms with Gasteiger partial charge in [0.1, 0.15) is 0 Å². The largest absolute Gasteiger partial charge is 0.295 e. The van der Waals surface area contributed by atoms with E-state index in [-0.39, 0.29) is 5.78 Å². The number of aryl methyl sites for hydroxylation is 1. The minimum Gasteiger partial charge on any atom is -0.295 e. The van der Waals surface area contributed by atoms with Crippen molar-refractivity contribution in [3.8, 4) is 0 Å². The number of benzene rings is 1. The van der Waals surface area contributed by atoms with Gasteiger partial charge in [-0.15, -0.1) is 0 Å². The first-order chi connectivity index (χ1) is 9.69. The van der Waals surface area contributed by atoms with Crippen LogP contribution in [0.4, 0.5) is 0 Å². The Morgan fingerprint density at radius 1 is 1.20 bits per heavy atom. The average Bonchev–Trinajstić information content (AvgIpc) is 2.46. The molecule has 0 saturated carbocycles. The molecule has 0 spiro atoms. The lowest BCUT2D eigenvalue weighted by molar-refractivity contribution is -0.113. The van der Waals surface area contributed by atoms with Gasteiger partial charge in [0.15, 0.2) is 5.78 Å². The minimum atomic E-state index is 0.159. The predicted octanol–water partition coefficient (Wildman–Crippen LogP) is 4.74. The Morgan fingerprint density at radius 2 is 1.90 bits per heavy atom. The standard InChI is InChI=1S/C18H25NO/c1-4-18(19-5-2)17(15(3)20)14-10-9-13-16-11-7-6-8-12-16/h5-8,11-12H,4,9-10,13-14H2,1-3H3/b18-17-,19-5?. The molecule has 0 bridgehead atoms. The van der Waals surface area contributed by atoms with Crippen molar-refractivity contribution in [2.75, 3.05) is 0 Å². The number of hydrogen-bond donors (Lipinski definition) is 0. The summed E-state index contributed by atoms with van der Waals surface area (Å²) in [5.74, 6) is 0.159. The van der Waals surface area contributed by atoms with E-state index in [1.54, 1.807) is 13.1 Å². The SMILES string of the molecule is CC=N/C(CC)=C(/CCCCc1ccccc1)C(C)=O. The quantitative estimate of drug-likeness (QED) is 0.381. The number of carbonyl (C=O) groups is 1. The lowest BCUT2D eigenvalue weighted by Gasteiger charge is -2.08. The van der Waals surface area contributed by atoms with E-state index in [1.165, 1.54) is 5.56 Å². The molecule has 0 aliphatic heterocycles. The molecule has 2 nitrogen and oxygen atoms in total. The van der Waals surface area contributed by atoms with Gasteiger partial charge in [-0.25, -0.2) is 0 Å². The van der Waals surface area contributed by atoms with Gasteiger partial charge in [0.25, 0.3) is 0 Å². The highest BCUT2D eigenvalue weighted by molar-refractivity contribution is 5.94. The molecule has 0 fully saturated rings. The second kappa shape index (κ2) is 9.24. The fourth-order valence-corrected chi connectivity index (χ4v) is 2.34. The Labute approximate surface area is 122 Å². The molecule has 0 aliphatic carbocycles. The number of carbonyl (C=O) groups excluding carboxylic acids is 1. The predicted molar refractivity (Wildman–Crippen MR) is 86.2 cm³/mol. The second-order valence-electron chi connectivity index (χ2n) is 4.91. The lowest BCUT2D eigenvalue weighted by atomic mass is 9.99. The third-order valence-electron chi connectivity index (χ3n) is 3.38. The number of ketones is 1. The Bertz CT molecular complexity index is 471. The van der Waals surface area contributed by atoms with E-state index in [2.05, 4.69) is 36.2 Å². The zero-order chi connectivity index (χ0) is 14.8. The number of hydrogen-bond acceptors (Lipinski definition) is 2. The number of allylic oxidation sites excluding steroid dienone is 2. The molecule has 1 rings (SSSR count). The van der Waals surface area contributed by atoms with Gasteiger partial charge in [0, 0.05) is 17.5 Å². The third kappa shape index (κ3) is 5.52. The van der Waals surface area contributed by atoms with Crippen molar-refractivity contribution in [1.29, 1.82) is 0 Å². The van der Waals surface area contributed by atoms with Gasteiger partial charge >= 0.3 is 0 Å². The maximum absolute atomic E-state index is 11.8. The molecule has 2 heteroatoms. The topological polar surface area (TPSA) is 29.4 Å². The fraction of sp³-hybridized carbons (Fsp3) is 0.444. The van der Waals surface area contributed by atoms with Crippen molar-refractivity contribution in [3.63, 3.8) is 0 Å². The first-order valence-corrected chi connectivity index (χ1v) is 7.44. The molecule has 108 valence electrons. The number of rotatable bonds is 8. The Morgan fingerprint density at radius 3 is 2.45 bits per heavy atom. The highest BCUT2D eigenvalue weighted by Crippen LogP contribution is 2.18. The first kappa shape index (κ1) is 16.4. The summed E-state index contributed by atoms with van der Waals surface area (Å²) in [5.41, 5.74) is 3.21. The molecule has 0 unspecified atom stereocenters. The molecule has 0 radical (unpaired) electrons. The van der Waals surface area contributed by atoms with Crippen LogP contribution in [0.3, 0.4) is 0 Å². The van der Waals surface area contributed by atoms with Crippen LogP contribution in [0.2, 0.25) is 0 Å². The van der Waals surface area contributed by atoms with E-state index in [4.69, 9.17) is 0 Å². The van der Waals surface area contributed by atoms with E-state index in [0.717, 1.165) is 43.4 Å². The van der Waals surface area contributed by atoms with Crippen LogP contribution >= 0.6 is 0 Å². The van der Waals surface area contributed by atoms with Gasteiger partial charge in [0.05, 0.1) is 0 Å². The van der Waals surface area contributed by atoms with Gasteiger partial charge in [0.2, 0.25) is 0 Å². The Kier molecular flexibility index (Phi) is 7.56. The summed E-state index contributed by atoms with van der Waals surface area (Å²) in [6, 6.07) is 10.5. The molecule has 0 N–H and O–H groups in total. The molecule has 0 aromatic heterocycles. The Hall–Kier alpha value is -1.70. The second-order valence-corrected chi connectivity index (χ2v) is 4.91. The molecule has 0 amide bonds. The van der Waals surface area contributed by atoms with Crippen LogP contribution in [0.15, 0.2) is 46.6 Å². The smallest absolute Gasteiger partial charge is 0.157 e. The summed E-state index contributed by atoms with van der Waals surface area (Å²) in [4.78, 5) is 16.1. The molecule has 0 aliphatic rings. The van der Waals surface area contributed by atoms with Crippen LogP contribution in [0, 0.1) is 0 Å². The summed E-state index contributed by atoms with van der Waals surface area (Å²) in [6.07, 6.45) is 6.64. The summed E-state index contributed by atoms with van der Waals surface area (Å²) in [6.45, 7) is 5.59. The zero-order valence-electron chi connectivity index (χ0n) is 12.9. The van der Waals surface area contributed by atoms with Crippen molar-refractivity contribution in [2.24, 2.45) is 4.99 Å². The van der Waals surface area contributed by atoms with Gasteiger partial charge in [-0.05, 0) is 51.5 Å². The van der Waals surface area contributed by atoms with E-state index in [0.29, 0.717) is 0 Å². The molecular weight excluding hydrogens is 246 g/mol. The lowest BCUT2D eigenvalue weighted by Crippen LogP contribution is -2.01. The Balaban J connectivity index is 2.54. The molecule has 1 aromatic carbocycles. The van der Waals surface area contributed by atoms with E-state index in [1.807, 2.05) is 13.0 Å². The monoisotopic (exact) mass is 271 g/mol. The van der Waals surface area contributed by atoms with E-state index >= 15 is 0 Å². The van der Waals surface area contributed by atoms with Crippen LogP contribution in [0.5, 0.6) is 0 Å². The van der Waals surface area contributed by atoms with Crippen molar-refractivity contribution in [2.45, 2.75) is 52.9 Å². The summed E-state index contributed by atoms with van der Waals surface area (Å²) in [5, 5.41) is 0. The summed E-state index contributed by atoms with van der Waals surface area (Å²) < 4.78 is 0. The fourth-order valence-electron chi connectivity index (χ4n) is 2.34. The van der Waals surface area contributed by atoms with E-state index in [9.17, 15) is 4.79 Å². The van der Waals surface area contributed by atoms with Crippen LogP contribution < -0.4 is 0 Å². The number of nitrogens with zero attached hydrogens (tertiary/aromatic N) is 1. The minimum absolute atomic E-state index is 0.159. The van der Waals surface area contributed by atoms with Crippen LogP contribution in [0.25, 0.3) is 0 Å². The highest BCUT2D eigenvalue weighted by atomic mass is 16.1. The van der Waals surface area contributed by atoms with Crippen molar-refractivity contribution < 1.29 is 4.79 Å². The summed E-state index contributed by atoms with van der Waals surface area (Å²) in [7, 11) is 0. The highest BCUT2D eigenvalue weighted by Gasteiger charge is 2.09. The van der Waals surface area contributed by atoms with Crippen molar-refractivity contribution in [1.82, 2.24) is 0 Å². The maximum Gasteiger partial charge on any atom is 0.157 e. The molecule has 20 heavy (non-hydrogen) atoms. The van der Waals surface area contributed by atoms with Crippen LogP contribution in [-0.4, -0.2) is 12.0 Å². The van der Waals surface area contributed by atoms with Crippen LogP contribution in [-0.2, 0) is 11.2 Å². The zero-order valence-corrected chi connectivity index (χ0v) is 12.9. The van der Waals surface area contributed by atoms with Crippen molar-refractivity contribution >= 4 is 12.0 Å². The summed E-state index contributed by atoms with van der Waals surface area (Å²) >= 11 is 0. The average molecular weight is 271 g/mol. The normalized spacial score (nSPS) is 12.6. The molecule has 0 saturated heterocycles. The number of Topliss-reactive ketones (excluding diaryl/α,β-unsaturated/α-hetero) is 1. The number of aliphatic imine (C=N–C) groups is 1. The molecule has 0 atom stereocenters. The van der Waals surface area contributed by atoms with Crippen LogP contribution in [0.1, 0.15) is 52.0 Å². The van der Waals surface area contributed by atoms with Gasteiger partial charge in [-0.2, -0.15) is 0 Å². The first-order valence-electron chi connectivity index (χ1n) is 7.44.